The normalized spacial score (nSPS) is 24.0. The number of amides is 1. The number of pyridine rings is 1. The van der Waals surface area contributed by atoms with E-state index in [4.69, 9.17) is 4.74 Å². The van der Waals surface area contributed by atoms with Crippen LogP contribution < -0.4 is 4.74 Å². The Hall–Kier alpha value is -3.57. The second-order valence-corrected chi connectivity index (χ2v) is 8.37. The molecule has 178 valence electrons. The van der Waals surface area contributed by atoms with Crippen molar-refractivity contribution in [2.24, 2.45) is 5.92 Å². The number of rotatable bonds is 4. The van der Waals surface area contributed by atoms with E-state index in [2.05, 4.69) is 15.2 Å². The fourth-order valence-electron chi connectivity index (χ4n) is 4.87. The van der Waals surface area contributed by atoms with Crippen molar-refractivity contribution in [1.29, 1.82) is 0 Å². The summed E-state index contributed by atoms with van der Waals surface area (Å²) in [4.78, 5) is 19.7. The largest absolute Gasteiger partial charge is 0.472 e. The van der Waals surface area contributed by atoms with Crippen LogP contribution in [0.1, 0.15) is 35.7 Å². The van der Waals surface area contributed by atoms with E-state index >= 15 is 0 Å². The van der Waals surface area contributed by atoms with Crippen molar-refractivity contribution < 1.29 is 31.5 Å². The number of fused-ring (bicyclic) bond motifs is 2. The highest BCUT2D eigenvalue weighted by Crippen LogP contribution is 2.45. The first kappa shape index (κ1) is 22.2. The molecule has 1 aliphatic heterocycles. The smallest absolute Gasteiger partial charge is 0.420 e. The quantitative estimate of drug-likeness (QED) is 0.418. The van der Waals surface area contributed by atoms with E-state index in [1.54, 1.807) is 4.90 Å². The Morgan fingerprint density at radius 2 is 1.82 bits per heavy atom. The number of piperidine rings is 1. The molecule has 5 rings (SSSR count). The monoisotopic (exact) mass is 479 g/mol. The standard InChI is InChI=1S/C22H18F5N5O2/c1-11-12-8-17(18(9-12)34-19-5-3-15(20(24)30-19)22(25,26)27)31(11)21(33)14-10-13(23)2-4-16(14)32-28-6-7-29-32/h2-7,10-12,17-18H,8-9H2,1H3. The van der Waals surface area contributed by atoms with E-state index in [0.29, 0.717) is 24.6 Å². The number of benzene rings is 1. The minimum atomic E-state index is -4.87. The zero-order valence-corrected chi connectivity index (χ0v) is 17.7. The van der Waals surface area contributed by atoms with Gasteiger partial charge < -0.3 is 9.64 Å². The molecule has 1 aliphatic carbocycles. The van der Waals surface area contributed by atoms with Crippen molar-refractivity contribution in [2.75, 3.05) is 0 Å². The van der Waals surface area contributed by atoms with Crippen molar-refractivity contribution in [2.45, 2.75) is 44.1 Å². The molecule has 2 aliphatic rings. The first-order valence-electron chi connectivity index (χ1n) is 10.5. The van der Waals surface area contributed by atoms with Gasteiger partial charge in [-0.15, -0.1) is 0 Å². The van der Waals surface area contributed by atoms with Crippen molar-refractivity contribution in [3.63, 3.8) is 0 Å². The third-order valence-corrected chi connectivity index (χ3v) is 6.45. The number of aromatic nitrogens is 4. The van der Waals surface area contributed by atoms with Crippen LogP contribution in [0.5, 0.6) is 5.88 Å². The molecule has 1 saturated carbocycles. The molecule has 0 spiro atoms. The highest BCUT2D eigenvalue weighted by molar-refractivity contribution is 5.98. The van der Waals surface area contributed by atoms with E-state index in [-0.39, 0.29) is 23.4 Å². The molecule has 4 unspecified atom stereocenters. The van der Waals surface area contributed by atoms with Crippen LogP contribution in [0.4, 0.5) is 22.0 Å². The second-order valence-electron chi connectivity index (χ2n) is 8.37. The maximum Gasteiger partial charge on any atom is 0.420 e. The van der Waals surface area contributed by atoms with Gasteiger partial charge in [0.25, 0.3) is 5.91 Å². The van der Waals surface area contributed by atoms with Gasteiger partial charge in [-0.05, 0) is 49.9 Å². The zero-order valence-electron chi connectivity index (χ0n) is 17.7. The summed E-state index contributed by atoms with van der Waals surface area (Å²) in [7, 11) is 0. The predicted molar refractivity (Wildman–Crippen MR) is 107 cm³/mol. The van der Waals surface area contributed by atoms with E-state index < -0.39 is 41.6 Å². The second kappa shape index (κ2) is 8.03. The lowest BCUT2D eigenvalue weighted by molar-refractivity contribution is -0.140. The molecule has 34 heavy (non-hydrogen) atoms. The number of halogens is 5. The van der Waals surface area contributed by atoms with Crippen molar-refractivity contribution in [1.82, 2.24) is 24.9 Å². The van der Waals surface area contributed by atoms with Gasteiger partial charge in [0.2, 0.25) is 11.8 Å². The van der Waals surface area contributed by atoms with Crippen LogP contribution in [0, 0.1) is 17.7 Å². The van der Waals surface area contributed by atoms with Gasteiger partial charge in [-0.2, -0.15) is 37.5 Å². The van der Waals surface area contributed by atoms with Crippen molar-refractivity contribution in [3.05, 3.63) is 65.6 Å². The Balaban J connectivity index is 1.41. The first-order chi connectivity index (χ1) is 16.1. The maximum absolute atomic E-state index is 14.1. The first-order valence-corrected chi connectivity index (χ1v) is 10.5. The van der Waals surface area contributed by atoms with Crippen LogP contribution >= 0.6 is 0 Å². The highest BCUT2D eigenvalue weighted by atomic mass is 19.4. The van der Waals surface area contributed by atoms with Crippen LogP contribution in [0.15, 0.2) is 42.7 Å². The summed E-state index contributed by atoms with van der Waals surface area (Å²) in [6, 6.07) is 4.63. The Morgan fingerprint density at radius 3 is 2.47 bits per heavy atom. The average Bonchev–Trinajstić information content (AvgIpc) is 3.49. The lowest BCUT2D eigenvalue weighted by atomic mass is 9.98. The number of carbonyl (C=O) groups is 1. The maximum atomic E-state index is 14.1. The Labute approximate surface area is 190 Å². The zero-order chi connectivity index (χ0) is 24.2. The van der Waals surface area contributed by atoms with Gasteiger partial charge in [0.1, 0.15) is 17.5 Å². The highest BCUT2D eigenvalue weighted by Gasteiger charge is 2.53. The molecule has 0 N–H and O–H groups in total. The van der Waals surface area contributed by atoms with Gasteiger partial charge in [-0.3, -0.25) is 4.79 Å². The fourth-order valence-corrected chi connectivity index (χ4v) is 4.87. The summed E-state index contributed by atoms with van der Waals surface area (Å²) >= 11 is 0. The molecule has 3 aromatic rings. The molecule has 3 heterocycles. The van der Waals surface area contributed by atoms with Crippen LogP contribution in [0.2, 0.25) is 0 Å². The minimum absolute atomic E-state index is 0.0538. The van der Waals surface area contributed by atoms with Gasteiger partial charge in [0, 0.05) is 12.1 Å². The summed E-state index contributed by atoms with van der Waals surface area (Å²) < 4.78 is 72.1. The van der Waals surface area contributed by atoms with E-state index in [9.17, 15) is 26.7 Å². The summed E-state index contributed by atoms with van der Waals surface area (Å²) in [6.07, 6.45) is -1.50. The van der Waals surface area contributed by atoms with Gasteiger partial charge in [-0.25, -0.2) is 4.39 Å². The van der Waals surface area contributed by atoms with Crippen LogP contribution in [-0.4, -0.2) is 49.0 Å². The average molecular weight is 479 g/mol. The minimum Gasteiger partial charge on any atom is -0.472 e. The van der Waals surface area contributed by atoms with Gasteiger partial charge in [0.15, 0.2) is 0 Å². The Morgan fingerprint density at radius 1 is 1.09 bits per heavy atom. The Bertz CT molecular complexity index is 1230. The molecule has 7 nitrogen and oxygen atoms in total. The number of likely N-dealkylation sites (tertiary alicyclic amines) is 1. The van der Waals surface area contributed by atoms with E-state index in [1.165, 1.54) is 29.3 Å². The molecular weight excluding hydrogens is 461 g/mol. The third kappa shape index (κ3) is 3.76. The fraction of sp³-hybridized carbons (Fsp3) is 0.364. The molecule has 1 saturated heterocycles. The molecule has 4 atom stereocenters. The molecular formula is C22H18F5N5O2. The summed E-state index contributed by atoms with van der Waals surface area (Å²) in [6.45, 7) is 1.87. The SMILES string of the molecule is CC1C2CC(Oc3ccc(C(F)(F)F)c(F)n3)C(C2)N1C(=O)c1cc(F)ccc1-n1nccn1. The summed E-state index contributed by atoms with van der Waals surface area (Å²) in [5.41, 5.74) is -1.12. The van der Waals surface area contributed by atoms with Crippen molar-refractivity contribution >= 4 is 5.91 Å². The number of ether oxygens (including phenoxy) is 1. The number of hydrogen-bond donors (Lipinski definition) is 0. The number of alkyl halides is 3. The molecule has 1 aromatic carbocycles. The summed E-state index contributed by atoms with van der Waals surface area (Å²) in [5.74, 6) is -2.97. The van der Waals surface area contributed by atoms with Crippen LogP contribution in [-0.2, 0) is 6.18 Å². The Kier molecular flexibility index (Phi) is 5.25. The van der Waals surface area contributed by atoms with E-state index in [1.807, 2.05) is 6.92 Å². The predicted octanol–water partition coefficient (Wildman–Crippen LogP) is 4.03. The number of nitrogens with zero attached hydrogens (tertiary/aromatic N) is 5. The topological polar surface area (TPSA) is 73.1 Å². The number of hydrogen-bond acceptors (Lipinski definition) is 5. The third-order valence-electron chi connectivity index (χ3n) is 6.45. The van der Waals surface area contributed by atoms with E-state index in [0.717, 1.165) is 12.1 Å². The molecule has 0 radical (unpaired) electrons. The van der Waals surface area contributed by atoms with Gasteiger partial charge in [0.05, 0.1) is 29.7 Å². The molecule has 2 fully saturated rings. The molecule has 2 bridgehead atoms. The number of carbonyl (C=O) groups excluding carboxylic acids is 1. The van der Waals surface area contributed by atoms with Crippen LogP contribution in [0.3, 0.4) is 0 Å². The molecule has 2 aromatic heterocycles. The van der Waals surface area contributed by atoms with Gasteiger partial charge >= 0.3 is 6.18 Å². The molecule has 1 amide bonds. The lowest BCUT2D eigenvalue weighted by Crippen LogP contribution is -2.51. The van der Waals surface area contributed by atoms with Gasteiger partial charge in [-0.1, -0.05) is 0 Å². The van der Waals surface area contributed by atoms with Crippen molar-refractivity contribution in [3.8, 4) is 11.6 Å². The molecule has 12 heteroatoms. The lowest BCUT2D eigenvalue weighted by Gasteiger charge is -2.38. The summed E-state index contributed by atoms with van der Waals surface area (Å²) in [5, 5.41) is 8.04. The van der Waals surface area contributed by atoms with Crippen LogP contribution in [0.25, 0.3) is 5.69 Å².